The van der Waals surface area contributed by atoms with E-state index in [4.69, 9.17) is 4.74 Å². The van der Waals surface area contributed by atoms with Gasteiger partial charge in [-0.1, -0.05) is 42.4 Å². The van der Waals surface area contributed by atoms with Gasteiger partial charge in [0, 0.05) is 12.1 Å². The number of hydrogen-bond donors (Lipinski definition) is 1. The molecule has 1 aromatic heterocycles. The Balaban J connectivity index is 1.60. The fourth-order valence-corrected chi connectivity index (χ4v) is 2.32. The third-order valence-electron chi connectivity index (χ3n) is 3.59. The molecular formula is C18H20FN5O. The molecule has 2 aromatic carbocycles. The van der Waals surface area contributed by atoms with E-state index in [2.05, 4.69) is 27.7 Å². The Morgan fingerprint density at radius 3 is 2.72 bits per heavy atom. The number of nitrogens with one attached hydrogen (secondary N) is 1. The minimum atomic E-state index is -0.253. The summed E-state index contributed by atoms with van der Waals surface area (Å²) in [6.45, 7) is 3.71. The van der Waals surface area contributed by atoms with Crippen LogP contribution in [0.5, 0.6) is 5.75 Å². The minimum absolute atomic E-state index is 0.253. The molecule has 1 heterocycles. The van der Waals surface area contributed by atoms with Crippen molar-refractivity contribution in [2.45, 2.75) is 33.0 Å². The van der Waals surface area contributed by atoms with Crippen LogP contribution in [0.4, 0.5) is 10.3 Å². The molecule has 0 atom stereocenters. The Labute approximate surface area is 145 Å². The third kappa shape index (κ3) is 4.76. The number of aryl methyl sites for hydroxylation is 1. The standard InChI is InChI=1S/C18H20FN5O/c1-2-11-24-22-18(21-23-24)20-12-15-5-3-4-6-17(15)25-13-14-7-9-16(19)10-8-14/h3-10H,2,11-13H2,1H3,(H,20,22). The highest BCUT2D eigenvalue weighted by Crippen LogP contribution is 2.20. The van der Waals surface area contributed by atoms with Gasteiger partial charge in [0.15, 0.2) is 0 Å². The molecule has 6 nitrogen and oxygen atoms in total. The summed E-state index contributed by atoms with van der Waals surface area (Å²) < 4.78 is 18.8. The maximum Gasteiger partial charge on any atom is 0.263 e. The van der Waals surface area contributed by atoms with Crippen molar-refractivity contribution in [1.29, 1.82) is 0 Å². The van der Waals surface area contributed by atoms with Crippen molar-refractivity contribution in [3.63, 3.8) is 0 Å². The number of hydrogen-bond acceptors (Lipinski definition) is 5. The predicted molar refractivity (Wildman–Crippen MR) is 92.6 cm³/mol. The number of tetrazole rings is 1. The average molecular weight is 341 g/mol. The zero-order valence-corrected chi connectivity index (χ0v) is 14.0. The Hall–Kier alpha value is -2.96. The largest absolute Gasteiger partial charge is 0.489 e. The summed E-state index contributed by atoms with van der Waals surface area (Å²) in [7, 11) is 0. The third-order valence-corrected chi connectivity index (χ3v) is 3.59. The normalized spacial score (nSPS) is 10.6. The van der Waals surface area contributed by atoms with E-state index >= 15 is 0 Å². The molecular weight excluding hydrogens is 321 g/mol. The number of nitrogens with zero attached hydrogens (tertiary/aromatic N) is 4. The molecule has 0 amide bonds. The van der Waals surface area contributed by atoms with Gasteiger partial charge in [-0.05, 0) is 35.4 Å². The highest BCUT2D eigenvalue weighted by Gasteiger charge is 2.06. The molecule has 0 spiro atoms. The van der Waals surface area contributed by atoms with Crippen LogP contribution >= 0.6 is 0 Å². The SMILES string of the molecule is CCCn1nnc(NCc2ccccc2OCc2ccc(F)cc2)n1. The summed E-state index contributed by atoms with van der Waals surface area (Å²) in [4.78, 5) is 1.57. The molecule has 0 radical (unpaired) electrons. The Morgan fingerprint density at radius 2 is 1.92 bits per heavy atom. The van der Waals surface area contributed by atoms with Gasteiger partial charge in [-0.2, -0.15) is 4.80 Å². The lowest BCUT2D eigenvalue weighted by atomic mass is 10.2. The van der Waals surface area contributed by atoms with E-state index < -0.39 is 0 Å². The second-order valence-electron chi connectivity index (χ2n) is 5.59. The smallest absolute Gasteiger partial charge is 0.263 e. The average Bonchev–Trinajstić information content (AvgIpc) is 3.08. The molecule has 0 unspecified atom stereocenters. The van der Waals surface area contributed by atoms with E-state index in [1.807, 2.05) is 24.3 Å². The maximum atomic E-state index is 13.0. The number of rotatable bonds is 8. The van der Waals surface area contributed by atoms with Crippen LogP contribution in [0.2, 0.25) is 0 Å². The highest BCUT2D eigenvalue weighted by atomic mass is 19.1. The molecule has 3 aromatic rings. The van der Waals surface area contributed by atoms with Crippen LogP contribution in [0, 0.1) is 5.82 Å². The van der Waals surface area contributed by atoms with E-state index in [9.17, 15) is 4.39 Å². The predicted octanol–water partition coefficient (Wildman–Crippen LogP) is 3.41. The lowest BCUT2D eigenvalue weighted by molar-refractivity contribution is 0.303. The van der Waals surface area contributed by atoms with Gasteiger partial charge in [0.25, 0.3) is 5.95 Å². The van der Waals surface area contributed by atoms with Crippen molar-refractivity contribution in [3.05, 3.63) is 65.5 Å². The molecule has 3 rings (SSSR count). The van der Waals surface area contributed by atoms with Gasteiger partial charge in [-0.15, -0.1) is 5.10 Å². The molecule has 7 heteroatoms. The van der Waals surface area contributed by atoms with Crippen LogP contribution in [0.1, 0.15) is 24.5 Å². The highest BCUT2D eigenvalue weighted by molar-refractivity contribution is 5.36. The van der Waals surface area contributed by atoms with E-state index in [1.165, 1.54) is 12.1 Å². The van der Waals surface area contributed by atoms with E-state index in [-0.39, 0.29) is 5.82 Å². The molecule has 25 heavy (non-hydrogen) atoms. The van der Waals surface area contributed by atoms with Gasteiger partial charge in [0.05, 0.1) is 6.54 Å². The van der Waals surface area contributed by atoms with Gasteiger partial charge in [-0.3, -0.25) is 0 Å². The van der Waals surface area contributed by atoms with Crippen molar-refractivity contribution in [1.82, 2.24) is 20.2 Å². The number of benzene rings is 2. The van der Waals surface area contributed by atoms with E-state index in [1.54, 1.807) is 16.9 Å². The molecule has 0 aliphatic rings. The van der Waals surface area contributed by atoms with Crippen LogP contribution in [-0.2, 0) is 19.7 Å². The zero-order valence-electron chi connectivity index (χ0n) is 14.0. The molecule has 0 fully saturated rings. The van der Waals surface area contributed by atoms with Gasteiger partial charge in [0.1, 0.15) is 18.2 Å². The molecule has 0 aliphatic carbocycles. The first kappa shape index (κ1) is 16.9. The molecule has 0 saturated carbocycles. The summed E-state index contributed by atoms with van der Waals surface area (Å²) in [5.41, 5.74) is 1.89. The maximum absolute atomic E-state index is 13.0. The molecule has 0 saturated heterocycles. The van der Waals surface area contributed by atoms with Crippen LogP contribution in [0.3, 0.4) is 0 Å². The fourth-order valence-electron chi connectivity index (χ4n) is 2.32. The molecule has 0 aliphatic heterocycles. The van der Waals surface area contributed by atoms with Crippen LogP contribution in [-0.4, -0.2) is 20.2 Å². The second kappa shape index (κ2) is 8.23. The van der Waals surface area contributed by atoms with Crippen molar-refractivity contribution in [2.75, 3.05) is 5.32 Å². The topological polar surface area (TPSA) is 64.9 Å². The molecule has 130 valence electrons. The summed E-state index contributed by atoms with van der Waals surface area (Å²) in [5.74, 6) is 0.999. The first-order valence-electron chi connectivity index (χ1n) is 8.21. The quantitative estimate of drug-likeness (QED) is 0.680. The number of aromatic nitrogens is 4. The molecule has 0 bridgehead atoms. The Morgan fingerprint density at radius 1 is 1.12 bits per heavy atom. The van der Waals surface area contributed by atoms with Crippen molar-refractivity contribution in [3.8, 4) is 5.75 Å². The second-order valence-corrected chi connectivity index (χ2v) is 5.59. The number of para-hydroxylation sites is 1. The van der Waals surface area contributed by atoms with Gasteiger partial charge in [-0.25, -0.2) is 4.39 Å². The van der Waals surface area contributed by atoms with Crippen LogP contribution in [0.25, 0.3) is 0 Å². The van der Waals surface area contributed by atoms with Crippen molar-refractivity contribution >= 4 is 5.95 Å². The first-order chi connectivity index (χ1) is 12.2. The van der Waals surface area contributed by atoms with Crippen LogP contribution < -0.4 is 10.1 Å². The summed E-state index contributed by atoms with van der Waals surface area (Å²) in [6.07, 6.45) is 0.954. The van der Waals surface area contributed by atoms with Crippen molar-refractivity contribution in [2.24, 2.45) is 0 Å². The summed E-state index contributed by atoms with van der Waals surface area (Å²) >= 11 is 0. The van der Waals surface area contributed by atoms with Gasteiger partial charge < -0.3 is 10.1 Å². The van der Waals surface area contributed by atoms with Gasteiger partial charge >= 0.3 is 0 Å². The number of halogens is 1. The van der Waals surface area contributed by atoms with Crippen LogP contribution in [0.15, 0.2) is 48.5 Å². The first-order valence-corrected chi connectivity index (χ1v) is 8.21. The van der Waals surface area contributed by atoms with Crippen molar-refractivity contribution < 1.29 is 9.13 Å². The van der Waals surface area contributed by atoms with E-state index in [0.29, 0.717) is 19.1 Å². The lowest BCUT2D eigenvalue weighted by Gasteiger charge is -2.11. The fraction of sp³-hybridized carbons (Fsp3) is 0.278. The lowest BCUT2D eigenvalue weighted by Crippen LogP contribution is -2.05. The summed E-state index contributed by atoms with van der Waals surface area (Å²) in [6, 6.07) is 14.0. The minimum Gasteiger partial charge on any atom is -0.489 e. The van der Waals surface area contributed by atoms with E-state index in [0.717, 1.165) is 29.8 Å². The monoisotopic (exact) mass is 341 g/mol. The Kier molecular flexibility index (Phi) is 5.56. The number of anilines is 1. The van der Waals surface area contributed by atoms with Gasteiger partial charge in [0.2, 0.25) is 0 Å². The summed E-state index contributed by atoms with van der Waals surface area (Å²) in [5, 5.41) is 15.4. The Bertz CT molecular complexity index is 803. The molecule has 1 N–H and O–H groups in total. The zero-order chi connectivity index (χ0) is 17.5. The number of ether oxygens (including phenoxy) is 1.